The molecule has 1 saturated carbocycles. The number of carboxylic acids is 1. The van der Waals surface area contributed by atoms with Gasteiger partial charge in [-0.1, -0.05) is 24.3 Å². The third-order valence-electron chi connectivity index (χ3n) is 2.91. The number of rotatable bonds is 6. The predicted octanol–water partition coefficient (Wildman–Crippen LogP) is 1.81. The van der Waals surface area contributed by atoms with E-state index < -0.39 is 5.97 Å². The molecule has 0 heterocycles. The Hall–Kier alpha value is -1.35. The molecule has 3 nitrogen and oxygen atoms in total. The van der Waals surface area contributed by atoms with Gasteiger partial charge in [-0.2, -0.15) is 0 Å². The van der Waals surface area contributed by atoms with Crippen LogP contribution in [0, 0.1) is 5.92 Å². The number of benzene rings is 1. The molecule has 1 fully saturated rings. The van der Waals surface area contributed by atoms with Crippen molar-refractivity contribution in [1.29, 1.82) is 0 Å². The predicted molar refractivity (Wildman–Crippen MR) is 62.2 cm³/mol. The Balaban J connectivity index is 1.91. The van der Waals surface area contributed by atoms with E-state index in [0.29, 0.717) is 0 Å². The van der Waals surface area contributed by atoms with Crippen LogP contribution < -0.4 is 5.32 Å². The van der Waals surface area contributed by atoms with Gasteiger partial charge in [0.1, 0.15) is 0 Å². The second-order valence-corrected chi connectivity index (χ2v) is 4.41. The van der Waals surface area contributed by atoms with Gasteiger partial charge in [0.25, 0.3) is 0 Å². The van der Waals surface area contributed by atoms with Crippen LogP contribution in [0.25, 0.3) is 0 Å². The average Bonchev–Trinajstić information content (AvgIpc) is 3.04. The minimum atomic E-state index is -0.769. The molecule has 0 aliphatic heterocycles. The van der Waals surface area contributed by atoms with E-state index in [1.165, 1.54) is 12.8 Å². The molecule has 1 aromatic carbocycles. The number of carboxylic acid groups (broad SMARTS) is 1. The molecule has 0 bridgehead atoms. The fraction of sp³-hybridized carbons (Fsp3) is 0.462. The van der Waals surface area contributed by atoms with Crippen molar-refractivity contribution < 1.29 is 9.90 Å². The highest BCUT2D eigenvalue weighted by molar-refractivity contribution is 5.70. The quantitative estimate of drug-likeness (QED) is 0.767. The topological polar surface area (TPSA) is 49.3 Å². The van der Waals surface area contributed by atoms with Crippen molar-refractivity contribution in [2.24, 2.45) is 5.92 Å². The van der Waals surface area contributed by atoms with E-state index >= 15 is 0 Å². The van der Waals surface area contributed by atoms with E-state index in [1.807, 2.05) is 24.3 Å². The maximum absolute atomic E-state index is 10.7. The molecule has 16 heavy (non-hydrogen) atoms. The largest absolute Gasteiger partial charge is 0.481 e. The molecule has 0 spiro atoms. The lowest BCUT2D eigenvalue weighted by molar-refractivity contribution is -0.136. The zero-order chi connectivity index (χ0) is 11.4. The molecule has 1 aliphatic rings. The van der Waals surface area contributed by atoms with Crippen molar-refractivity contribution in [2.45, 2.75) is 25.8 Å². The van der Waals surface area contributed by atoms with Crippen LogP contribution in [0.2, 0.25) is 0 Å². The third-order valence-corrected chi connectivity index (χ3v) is 2.91. The number of carbonyl (C=O) groups is 1. The highest BCUT2D eigenvalue weighted by atomic mass is 16.4. The minimum Gasteiger partial charge on any atom is -0.481 e. The van der Waals surface area contributed by atoms with Crippen LogP contribution in [-0.4, -0.2) is 17.6 Å². The zero-order valence-electron chi connectivity index (χ0n) is 9.28. The number of nitrogens with one attached hydrogen (secondary N) is 1. The van der Waals surface area contributed by atoms with E-state index in [2.05, 4.69) is 5.32 Å². The van der Waals surface area contributed by atoms with Gasteiger partial charge in [0, 0.05) is 6.54 Å². The van der Waals surface area contributed by atoms with Gasteiger partial charge in [-0.05, 0) is 36.4 Å². The van der Waals surface area contributed by atoms with Crippen molar-refractivity contribution in [2.75, 3.05) is 6.54 Å². The molecule has 1 aliphatic carbocycles. The number of aliphatic carboxylic acids is 1. The van der Waals surface area contributed by atoms with E-state index in [1.54, 1.807) is 0 Å². The number of hydrogen-bond acceptors (Lipinski definition) is 2. The average molecular weight is 219 g/mol. The molecule has 86 valence electrons. The van der Waals surface area contributed by atoms with Gasteiger partial charge in [-0.15, -0.1) is 0 Å². The monoisotopic (exact) mass is 219 g/mol. The first kappa shape index (κ1) is 11.1. The molecule has 0 radical (unpaired) electrons. The Kier molecular flexibility index (Phi) is 3.57. The smallest absolute Gasteiger partial charge is 0.307 e. The summed E-state index contributed by atoms with van der Waals surface area (Å²) in [6.07, 6.45) is 2.79. The van der Waals surface area contributed by atoms with Gasteiger partial charge in [-0.25, -0.2) is 0 Å². The standard InChI is InChI=1S/C13H17NO2/c15-13(16)7-11-3-1-2-4-12(11)9-14-8-10-5-6-10/h1-4,10,14H,5-9H2,(H,15,16). The van der Waals surface area contributed by atoms with Crippen molar-refractivity contribution in [3.05, 3.63) is 35.4 Å². The van der Waals surface area contributed by atoms with Gasteiger partial charge in [0.2, 0.25) is 0 Å². The first-order valence-electron chi connectivity index (χ1n) is 5.75. The first-order chi connectivity index (χ1) is 7.75. The van der Waals surface area contributed by atoms with E-state index in [4.69, 9.17) is 5.11 Å². The minimum absolute atomic E-state index is 0.112. The lowest BCUT2D eigenvalue weighted by atomic mass is 10.0. The summed E-state index contributed by atoms with van der Waals surface area (Å²) in [4.78, 5) is 10.7. The summed E-state index contributed by atoms with van der Waals surface area (Å²) >= 11 is 0. The summed E-state index contributed by atoms with van der Waals surface area (Å²) in [5.74, 6) is 0.0845. The molecule has 3 heteroatoms. The van der Waals surface area contributed by atoms with Crippen molar-refractivity contribution in [3.63, 3.8) is 0 Å². The number of hydrogen-bond donors (Lipinski definition) is 2. The molecule has 0 amide bonds. The summed E-state index contributed by atoms with van der Waals surface area (Å²) < 4.78 is 0. The third kappa shape index (κ3) is 3.35. The van der Waals surface area contributed by atoms with Crippen LogP contribution in [0.4, 0.5) is 0 Å². The highest BCUT2D eigenvalue weighted by Gasteiger charge is 2.20. The van der Waals surface area contributed by atoms with Crippen LogP contribution in [0.3, 0.4) is 0 Å². The molecule has 0 saturated heterocycles. The summed E-state index contributed by atoms with van der Waals surface area (Å²) in [5, 5.41) is 12.2. The fourth-order valence-corrected chi connectivity index (χ4v) is 1.80. The Morgan fingerprint density at radius 3 is 2.62 bits per heavy atom. The van der Waals surface area contributed by atoms with Gasteiger partial charge in [0.05, 0.1) is 6.42 Å². The maximum Gasteiger partial charge on any atom is 0.307 e. The molecular weight excluding hydrogens is 202 g/mol. The van der Waals surface area contributed by atoms with Crippen molar-refractivity contribution in [3.8, 4) is 0 Å². The Bertz CT molecular complexity index is 372. The molecular formula is C13H17NO2. The van der Waals surface area contributed by atoms with Gasteiger partial charge < -0.3 is 10.4 Å². The maximum atomic E-state index is 10.7. The SMILES string of the molecule is O=C(O)Cc1ccccc1CNCC1CC1. The van der Waals surface area contributed by atoms with Crippen LogP contribution in [0.5, 0.6) is 0 Å². The Morgan fingerprint density at radius 2 is 2.00 bits per heavy atom. The Morgan fingerprint density at radius 1 is 1.31 bits per heavy atom. The van der Waals surface area contributed by atoms with Gasteiger partial charge in [0.15, 0.2) is 0 Å². The Labute approximate surface area is 95.5 Å². The summed E-state index contributed by atoms with van der Waals surface area (Å²) in [7, 11) is 0. The van der Waals surface area contributed by atoms with Crippen molar-refractivity contribution in [1.82, 2.24) is 5.32 Å². The zero-order valence-corrected chi connectivity index (χ0v) is 9.28. The van der Waals surface area contributed by atoms with Gasteiger partial charge >= 0.3 is 5.97 Å². The lowest BCUT2D eigenvalue weighted by Gasteiger charge is -2.08. The second-order valence-electron chi connectivity index (χ2n) is 4.41. The van der Waals surface area contributed by atoms with E-state index in [0.717, 1.165) is 30.1 Å². The molecule has 1 aromatic rings. The lowest BCUT2D eigenvalue weighted by Crippen LogP contribution is -2.17. The summed E-state index contributed by atoms with van der Waals surface area (Å²) in [5.41, 5.74) is 2.02. The normalized spacial score (nSPS) is 15.0. The highest BCUT2D eigenvalue weighted by Crippen LogP contribution is 2.27. The first-order valence-corrected chi connectivity index (χ1v) is 5.75. The molecule has 0 aromatic heterocycles. The second kappa shape index (κ2) is 5.12. The van der Waals surface area contributed by atoms with Crippen LogP contribution in [0.1, 0.15) is 24.0 Å². The van der Waals surface area contributed by atoms with E-state index in [-0.39, 0.29) is 6.42 Å². The van der Waals surface area contributed by atoms with Gasteiger partial charge in [-0.3, -0.25) is 4.79 Å². The van der Waals surface area contributed by atoms with Crippen LogP contribution in [0.15, 0.2) is 24.3 Å². The van der Waals surface area contributed by atoms with Crippen molar-refractivity contribution >= 4 is 5.97 Å². The molecule has 0 unspecified atom stereocenters. The van der Waals surface area contributed by atoms with Crippen LogP contribution >= 0.6 is 0 Å². The van der Waals surface area contributed by atoms with Crippen LogP contribution in [-0.2, 0) is 17.8 Å². The fourth-order valence-electron chi connectivity index (χ4n) is 1.80. The molecule has 2 rings (SSSR count). The summed E-state index contributed by atoms with van der Waals surface area (Å²) in [6.45, 7) is 1.83. The van der Waals surface area contributed by atoms with E-state index in [9.17, 15) is 4.79 Å². The molecule has 0 atom stereocenters. The molecule has 2 N–H and O–H groups in total. The summed E-state index contributed by atoms with van der Waals surface area (Å²) in [6, 6.07) is 7.74.